The monoisotopic (exact) mass is 237 g/mol. The SMILES string of the molecule is Cc1ccc(CC(C)N2CCC(=O)CC2)s1. The number of hydrogen-bond acceptors (Lipinski definition) is 3. The molecular weight excluding hydrogens is 218 g/mol. The molecule has 2 rings (SSSR count). The number of Topliss-reactive ketones (excluding diaryl/α,β-unsaturated/α-hetero) is 1. The fourth-order valence-corrected chi connectivity index (χ4v) is 3.24. The molecule has 16 heavy (non-hydrogen) atoms. The Hall–Kier alpha value is -0.670. The van der Waals surface area contributed by atoms with E-state index in [0.717, 1.165) is 32.4 Å². The molecule has 3 heteroatoms. The van der Waals surface area contributed by atoms with Gasteiger partial charge in [-0.15, -0.1) is 11.3 Å². The van der Waals surface area contributed by atoms with Crippen LogP contribution in [0.1, 0.15) is 29.5 Å². The van der Waals surface area contributed by atoms with Gasteiger partial charge < -0.3 is 0 Å². The third-order valence-electron chi connectivity index (χ3n) is 3.27. The molecule has 1 fully saturated rings. The maximum atomic E-state index is 11.2. The molecule has 1 aromatic heterocycles. The zero-order valence-electron chi connectivity index (χ0n) is 10.0. The number of carbonyl (C=O) groups excluding carboxylic acids is 1. The zero-order chi connectivity index (χ0) is 11.5. The molecule has 1 unspecified atom stereocenters. The van der Waals surface area contributed by atoms with Crippen LogP contribution in [0.15, 0.2) is 12.1 Å². The van der Waals surface area contributed by atoms with Crippen LogP contribution >= 0.6 is 11.3 Å². The molecule has 0 aliphatic carbocycles. The third kappa shape index (κ3) is 2.92. The predicted octanol–water partition coefficient (Wildman–Crippen LogP) is 2.65. The third-order valence-corrected chi connectivity index (χ3v) is 4.29. The van der Waals surface area contributed by atoms with Gasteiger partial charge in [-0.05, 0) is 32.4 Å². The number of likely N-dealkylation sites (tertiary alicyclic amines) is 1. The zero-order valence-corrected chi connectivity index (χ0v) is 10.8. The van der Waals surface area contributed by atoms with Crippen LogP contribution in [-0.4, -0.2) is 29.8 Å². The van der Waals surface area contributed by atoms with Crippen molar-refractivity contribution in [3.05, 3.63) is 21.9 Å². The summed E-state index contributed by atoms with van der Waals surface area (Å²) in [5.74, 6) is 0.426. The number of hydrogen-bond donors (Lipinski definition) is 0. The van der Waals surface area contributed by atoms with Crippen LogP contribution in [0.25, 0.3) is 0 Å². The average molecular weight is 237 g/mol. The van der Waals surface area contributed by atoms with Crippen molar-refractivity contribution in [3.8, 4) is 0 Å². The molecule has 0 bridgehead atoms. The fourth-order valence-electron chi connectivity index (χ4n) is 2.23. The van der Waals surface area contributed by atoms with Gasteiger partial charge in [0.1, 0.15) is 5.78 Å². The molecule has 0 N–H and O–H groups in total. The summed E-state index contributed by atoms with van der Waals surface area (Å²) in [5, 5.41) is 0. The number of piperidine rings is 1. The Kier molecular flexibility index (Phi) is 3.77. The highest BCUT2D eigenvalue weighted by molar-refractivity contribution is 7.11. The van der Waals surface area contributed by atoms with Gasteiger partial charge >= 0.3 is 0 Å². The maximum Gasteiger partial charge on any atom is 0.135 e. The first-order valence-corrected chi connectivity index (χ1v) is 6.78. The van der Waals surface area contributed by atoms with Crippen LogP contribution in [0.5, 0.6) is 0 Å². The molecule has 2 nitrogen and oxygen atoms in total. The Morgan fingerprint density at radius 3 is 2.62 bits per heavy atom. The van der Waals surface area contributed by atoms with Gasteiger partial charge in [-0.25, -0.2) is 0 Å². The van der Waals surface area contributed by atoms with E-state index in [1.54, 1.807) is 0 Å². The summed E-state index contributed by atoms with van der Waals surface area (Å²) in [7, 11) is 0. The summed E-state index contributed by atoms with van der Waals surface area (Å²) < 4.78 is 0. The number of thiophene rings is 1. The Labute approximate surface area is 101 Å². The van der Waals surface area contributed by atoms with Crippen molar-refractivity contribution < 1.29 is 4.79 Å². The number of ketones is 1. The number of rotatable bonds is 3. The van der Waals surface area contributed by atoms with Crippen molar-refractivity contribution in [1.29, 1.82) is 0 Å². The predicted molar refractivity (Wildman–Crippen MR) is 68.0 cm³/mol. The smallest absolute Gasteiger partial charge is 0.135 e. The molecule has 0 spiro atoms. The topological polar surface area (TPSA) is 20.3 Å². The van der Waals surface area contributed by atoms with Crippen molar-refractivity contribution in [3.63, 3.8) is 0 Å². The van der Waals surface area contributed by atoms with E-state index in [0.29, 0.717) is 11.8 Å². The molecule has 0 amide bonds. The number of aryl methyl sites for hydroxylation is 1. The first-order chi connectivity index (χ1) is 7.65. The second kappa shape index (κ2) is 5.11. The summed E-state index contributed by atoms with van der Waals surface area (Å²) in [6, 6.07) is 4.98. The van der Waals surface area contributed by atoms with Crippen LogP contribution < -0.4 is 0 Å². The Morgan fingerprint density at radius 2 is 2.06 bits per heavy atom. The molecule has 0 radical (unpaired) electrons. The molecule has 1 aliphatic heterocycles. The van der Waals surface area contributed by atoms with Crippen molar-refractivity contribution in [2.24, 2.45) is 0 Å². The van der Waals surface area contributed by atoms with Gasteiger partial charge in [0, 0.05) is 41.7 Å². The standard InChI is InChI=1S/C13H19NOS/c1-10(9-13-4-3-11(2)16-13)14-7-5-12(15)6-8-14/h3-4,10H,5-9H2,1-2H3. The Morgan fingerprint density at radius 1 is 1.38 bits per heavy atom. The minimum absolute atomic E-state index is 0.426. The van der Waals surface area contributed by atoms with Crippen LogP contribution in [0, 0.1) is 6.92 Å². The highest BCUT2D eigenvalue weighted by atomic mass is 32.1. The Bertz CT molecular complexity index is 362. The van der Waals surface area contributed by atoms with Crippen molar-refractivity contribution in [2.45, 2.75) is 39.2 Å². The lowest BCUT2D eigenvalue weighted by Crippen LogP contribution is -2.41. The van der Waals surface area contributed by atoms with E-state index < -0.39 is 0 Å². The summed E-state index contributed by atoms with van der Waals surface area (Å²) in [6.07, 6.45) is 2.61. The van der Waals surface area contributed by atoms with Gasteiger partial charge in [-0.2, -0.15) is 0 Å². The largest absolute Gasteiger partial charge is 0.300 e. The van der Waals surface area contributed by atoms with E-state index in [1.165, 1.54) is 9.75 Å². The summed E-state index contributed by atoms with van der Waals surface area (Å²) >= 11 is 1.89. The highest BCUT2D eigenvalue weighted by Gasteiger charge is 2.20. The molecule has 88 valence electrons. The summed E-state index contributed by atoms with van der Waals surface area (Å²) in [6.45, 7) is 6.32. The van der Waals surface area contributed by atoms with Crippen LogP contribution in [0.4, 0.5) is 0 Å². The second-order valence-corrected chi connectivity index (χ2v) is 6.01. The Balaban J connectivity index is 1.88. The van der Waals surface area contributed by atoms with Crippen LogP contribution in [0.3, 0.4) is 0 Å². The lowest BCUT2D eigenvalue weighted by Gasteiger charge is -2.31. The molecule has 1 aliphatic rings. The van der Waals surface area contributed by atoms with Gasteiger partial charge in [0.05, 0.1) is 0 Å². The summed E-state index contributed by atoms with van der Waals surface area (Å²) in [5.41, 5.74) is 0. The average Bonchev–Trinajstić information content (AvgIpc) is 2.65. The lowest BCUT2D eigenvalue weighted by molar-refractivity contribution is -0.121. The highest BCUT2D eigenvalue weighted by Crippen LogP contribution is 2.20. The lowest BCUT2D eigenvalue weighted by atomic mass is 10.1. The van der Waals surface area contributed by atoms with E-state index in [1.807, 2.05) is 11.3 Å². The van der Waals surface area contributed by atoms with E-state index in [2.05, 4.69) is 30.9 Å². The second-order valence-electron chi connectivity index (χ2n) is 4.64. The van der Waals surface area contributed by atoms with Gasteiger partial charge in [0.2, 0.25) is 0 Å². The number of nitrogens with zero attached hydrogens (tertiary/aromatic N) is 1. The molecule has 1 atom stereocenters. The van der Waals surface area contributed by atoms with Gasteiger partial charge in [-0.1, -0.05) is 0 Å². The molecule has 0 aromatic carbocycles. The van der Waals surface area contributed by atoms with Gasteiger partial charge in [0.25, 0.3) is 0 Å². The normalized spacial score (nSPS) is 20.0. The van der Waals surface area contributed by atoms with Gasteiger partial charge in [0.15, 0.2) is 0 Å². The first-order valence-electron chi connectivity index (χ1n) is 5.96. The van der Waals surface area contributed by atoms with Crippen molar-refractivity contribution >= 4 is 17.1 Å². The molecule has 0 saturated carbocycles. The fraction of sp³-hybridized carbons (Fsp3) is 0.615. The molecule has 1 aromatic rings. The van der Waals surface area contributed by atoms with E-state index in [-0.39, 0.29) is 0 Å². The molecular formula is C13H19NOS. The maximum absolute atomic E-state index is 11.2. The van der Waals surface area contributed by atoms with Crippen LogP contribution in [-0.2, 0) is 11.2 Å². The van der Waals surface area contributed by atoms with E-state index in [9.17, 15) is 4.79 Å². The van der Waals surface area contributed by atoms with E-state index >= 15 is 0 Å². The minimum Gasteiger partial charge on any atom is -0.300 e. The molecule has 1 saturated heterocycles. The van der Waals surface area contributed by atoms with Crippen LogP contribution in [0.2, 0.25) is 0 Å². The molecule has 2 heterocycles. The van der Waals surface area contributed by atoms with E-state index in [4.69, 9.17) is 0 Å². The quantitative estimate of drug-likeness (QED) is 0.805. The van der Waals surface area contributed by atoms with Crippen molar-refractivity contribution in [2.75, 3.05) is 13.1 Å². The van der Waals surface area contributed by atoms with Crippen molar-refractivity contribution in [1.82, 2.24) is 4.90 Å². The van der Waals surface area contributed by atoms with Gasteiger partial charge in [-0.3, -0.25) is 9.69 Å². The summed E-state index contributed by atoms with van der Waals surface area (Å²) in [4.78, 5) is 16.5. The number of carbonyl (C=O) groups is 1. The first kappa shape index (κ1) is 11.8. The minimum atomic E-state index is 0.426.